The number of alkyl halides is 1. The number of halogens is 3. The van der Waals surface area contributed by atoms with E-state index >= 15 is 0 Å². The van der Waals surface area contributed by atoms with E-state index in [-0.39, 0.29) is 5.75 Å². The van der Waals surface area contributed by atoms with Gasteiger partial charge in [-0.1, -0.05) is 27.8 Å². The van der Waals surface area contributed by atoms with Gasteiger partial charge in [0.1, 0.15) is 5.75 Å². The van der Waals surface area contributed by atoms with Crippen molar-refractivity contribution in [2.24, 2.45) is 0 Å². The van der Waals surface area contributed by atoms with E-state index in [1.165, 1.54) is 7.11 Å². The van der Waals surface area contributed by atoms with Gasteiger partial charge in [0.2, 0.25) is 0 Å². The minimum Gasteiger partial charge on any atom is -0.495 e. The topological polar surface area (TPSA) is 9.23 Å². The molecule has 1 aromatic carbocycles. The molecular weight excluding hydrogens is 254 g/mol. The van der Waals surface area contributed by atoms with Crippen LogP contribution in [0, 0.1) is 23.5 Å². The molecule has 1 aromatic rings. The van der Waals surface area contributed by atoms with Crippen molar-refractivity contribution in [2.45, 2.75) is 0 Å². The lowest BCUT2D eigenvalue weighted by Gasteiger charge is -2.03. The predicted octanol–water partition coefficient (Wildman–Crippen LogP) is 2.72. The quantitative estimate of drug-likeness (QED) is 0.558. The van der Waals surface area contributed by atoms with Crippen LogP contribution in [0.4, 0.5) is 8.78 Å². The van der Waals surface area contributed by atoms with Gasteiger partial charge < -0.3 is 4.74 Å². The second-order valence-corrected chi connectivity index (χ2v) is 2.96. The third-order valence-electron chi connectivity index (χ3n) is 1.53. The third kappa shape index (κ3) is 2.46. The lowest BCUT2D eigenvalue weighted by molar-refractivity contribution is 0.405. The van der Waals surface area contributed by atoms with Crippen molar-refractivity contribution in [3.63, 3.8) is 0 Å². The van der Waals surface area contributed by atoms with Crippen molar-refractivity contribution in [3.8, 4) is 17.6 Å². The monoisotopic (exact) mass is 260 g/mol. The summed E-state index contributed by atoms with van der Waals surface area (Å²) in [4.78, 5) is 0. The Balaban J connectivity index is 3.20. The largest absolute Gasteiger partial charge is 0.495 e. The Morgan fingerprint density at radius 3 is 2.57 bits per heavy atom. The lowest BCUT2D eigenvalue weighted by Crippen LogP contribution is -1.92. The van der Waals surface area contributed by atoms with Gasteiger partial charge in [-0.25, -0.2) is 8.78 Å². The summed E-state index contributed by atoms with van der Waals surface area (Å²) in [5, 5.41) is 0.467. The van der Waals surface area contributed by atoms with E-state index in [1.807, 2.05) is 0 Å². The minimum atomic E-state index is -0.939. The smallest absolute Gasteiger partial charge is 0.162 e. The molecule has 0 bridgehead atoms. The SMILES string of the molecule is COc1cc(F)c(F)cc1C#CCBr. The Morgan fingerprint density at radius 2 is 2.00 bits per heavy atom. The van der Waals surface area contributed by atoms with Gasteiger partial charge in [-0.2, -0.15) is 0 Å². The summed E-state index contributed by atoms with van der Waals surface area (Å²) in [5.74, 6) is 3.71. The van der Waals surface area contributed by atoms with Crippen molar-refractivity contribution >= 4 is 15.9 Å². The van der Waals surface area contributed by atoms with Gasteiger partial charge >= 0.3 is 0 Å². The molecule has 0 saturated heterocycles. The predicted molar refractivity (Wildman–Crippen MR) is 53.6 cm³/mol. The van der Waals surface area contributed by atoms with Crippen LogP contribution in [0.25, 0.3) is 0 Å². The molecule has 74 valence electrons. The van der Waals surface area contributed by atoms with Gasteiger partial charge in [0.05, 0.1) is 18.0 Å². The summed E-state index contributed by atoms with van der Waals surface area (Å²) in [5.41, 5.74) is 0.339. The van der Waals surface area contributed by atoms with Crippen molar-refractivity contribution in [1.82, 2.24) is 0 Å². The van der Waals surface area contributed by atoms with E-state index in [9.17, 15) is 8.78 Å². The van der Waals surface area contributed by atoms with Crippen molar-refractivity contribution in [1.29, 1.82) is 0 Å². The first kappa shape index (κ1) is 11.0. The summed E-state index contributed by atoms with van der Waals surface area (Å²) in [6, 6.07) is 2.00. The molecule has 0 saturated carbocycles. The highest BCUT2D eigenvalue weighted by atomic mass is 79.9. The molecule has 0 spiro atoms. The molecule has 0 atom stereocenters. The number of ether oxygens (including phenoxy) is 1. The molecule has 0 fully saturated rings. The molecule has 0 radical (unpaired) electrons. The Kier molecular flexibility index (Phi) is 3.90. The third-order valence-corrected chi connectivity index (χ3v) is 1.81. The second-order valence-electron chi connectivity index (χ2n) is 2.40. The van der Waals surface area contributed by atoms with E-state index in [1.54, 1.807) is 0 Å². The summed E-state index contributed by atoms with van der Waals surface area (Å²) in [6.07, 6.45) is 0. The van der Waals surface area contributed by atoms with Crippen LogP contribution in [0.15, 0.2) is 12.1 Å². The van der Waals surface area contributed by atoms with Gasteiger partial charge in [0.25, 0.3) is 0 Å². The van der Waals surface area contributed by atoms with Crippen LogP contribution < -0.4 is 4.74 Å². The highest BCUT2D eigenvalue weighted by Crippen LogP contribution is 2.20. The zero-order valence-corrected chi connectivity index (χ0v) is 8.99. The van der Waals surface area contributed by atoms with Crippen molar-refractivity contribution < 1.29 is 13.5 Å². The first-order chi connectivity index (χ1) is 6.69. The fourth-order valence-electron chi connectivity index (χ4n) is 0.924. The van der Waals surface area contributed by atoms with E-state index in [4.69, 9.17) is 4.74 Å². The van der Waals surface area contributed by atoms with E-state index in [0.717, 1.165) is 12.1 Å². The molecule has 0 aliphatic rings. The van der Waals surface area contributed by atoms with Gasteiger partial charge in [0.15, 0.2) is 11.6 Å². The Morgan fingerprint density at radius 1 is 1.36 bits per heavy atom. The maximum absolute atomic E-state index is 12.8. The number of methoxy groups -OCH3 is 1. The zero-order chi connectivity index (χ0) is 10.6. The molecule has 0 aliphatic heterocycles. The normalized spacial score (nSPS) is 9.14. The number of rotatable bonds is 1. The van der Waals surface area contributed by atoms with Crippen LogP contribution in [-0.2, 0) is 0 Å². The molecule has 0 amide bonds. The molecule has 1 nitrogen and oxygen atoms in total. The molecule has 0 N–H and O–H groups in total. The lowest BCUT2D eigenvalue weighted by atomic mass is 10.2. The van der Waals surface area contributed by atoms with Gasteiger partial charge in [-0.3, -0.25) is 0 Å². The van der Waals surface area contributed by atoms with Crippen molar-refractivity contribution in [2.75, 3.05) is 12.4 Å². The Bertz CT molecular complexity index is 393. The first-order valence-electron chi connectivity index (χ1n) is 3.77. The molecule has 1 rings (SSSR count). The van der Waals surface area contributed by atoms with Gasteiger partial charge in [-0.05, 0) is 6.07 Å². The summed E-state index contributed by atoms with van der Waals surface area (Å²) in [6.45, 7) is 0. The average Bonchev–Trinajstić information content (AvgIpc) is 2.19. The molecule has 0 unspecified atom stereocenters. The maximum atomic E-state index is 12.8. The summed E-state index contributed by atoms with van der Waals surface area (Å²) in [7, 11) is 1.38. The van der Waals surface area contributed by atoms with Gasteiger partial charge in [0, 0.05) is 6.07 Å². The van der Waals surface area contributed by atoms with Crippen LogP contribution in [0.1, 0.15) is 5.56 Å². The van der Waals surface area contributed by atoms with E-state index in [2.05, 4.69) is 27.8 Å². The van der Waals surface area contributed by atoms with E-state index in [0.29, 0.717) is 10.9 Å². The Labute approximate surface area is 89.2 Å². The molecular formula is C10H7BrF2O. The number of hydrogen-bond acceptors (Lipinski definition) is 1. The highest BCUT2D eigenvalue weighted by molar-refractivity contribution is 9.09. The number of hydrogen-bond donors (Lipinski definition) is 0. The van der Waals surface area contributed by atoms with E-state index < -0.39 is 11.6 Å². The standard InChI is InChI=1S/C10H7BrF2O/c1-14-10-6-9(13)8(12)5-7(10)3-2-4-11/h5-6H,4H2,1H3. The fourth-order valence-corrected chi connectivity index (χ4v) is 1.06. The van der Waals surface area contributed by atoms with Crippen LogP contribution >= 0.6 is 15.9 Å². The molecule has 0 aliphatic carbocycles. The summed E-state index contributed by atoms with van der Waals surface area (Å²) >= 11 is 3.10. The van der Waals surface area contributed by atoms with Crippen LogP contribution in [-0.4, -0.2) is 12.4 Å². The maximum Gasteiger partial charge on any atom is 0.162 e. The van der Waals surface area contributed by atoms with Crippen LogP contribution in [0.3, 0.4) is 0 Å². The summed E-state index contributed by atoms with van der Waals surface area (Å²) < 4.78 is 30.4. The molecule has 0 aromatic heterocycles. The zero-order valence-electron chi connectivity index (χ0n) is 7.40. The van der Waals surface area contributed by atoms with Crippen molar-refractivity contribution in [3.05, 3.63) is 29.3 Å². The Hall–Kier alpha value is -1.08. The van der Waals surface area contributed by atoms with Crippen LogP contribution in [0.2, 0.25) is 0 Å². The van der Waals surface area contributed by atoms with Gasteiger partial charge in [-0.15, -0.1) is 0 Å². The first-order valence-corrected chi connectivity index (χ1v) is 4.89. The molecule has 14 heavy (non-hydrogen) atoms. The van der Waals surface area contributed by atoms with Crippen LogP contribution in [0.5, 0.6) is 5.75 Å². The highest BCUT2D eigenvalue weighted by Gasteiger charge is 2.08. The minimum absolute atomic E-state index is 0.234. The molecule has 0 heterocycles. The number of benzene rings is 1. The average molecular weight is 261 g/mol. The second kappa shape index (κ2) is 4.97. The molecule has 4 heteroatoms. The fraction of sp³-hybridized carbons (Fsp3) is 0.200.